The third kappa shape index (κ3) is 4.65. The fourth-order valence-electron chi connectivity index (χ4n) is 2.45. The number of hydrogen-bond donors (Lipinski definition) is 1. The molecule has 23 heavy (non-hydrogen) atoms. The van der Waals surface area contributed by atoms with Crippen LogP contribution >= 0.6 is 0 Å². The smallest absolute Gasteiger partial charge is 0.124 e. The number of aryl methyl sites for hydroxylation is 1. The van der Waals surface area contributed by atoms with E-state index >= 15 is 0 Å². The van der Waals surface area contributed by atoms with Gasteiger partial charge in [-0.15, -0.1) is 0 Å². The summed E-state index contributed by atoms with van der Waals surface area (Å²) in [5.74, 6) is 2.29. The van der Waals surface area contributed by atoms with Crippen LogP contribution in [0.4, 0.5) is 5.69 Å². The van der Waals surface area contributed by atoms with Crippen molar-refractivity contribution in [3.63, 3.8) is 0 Å². The average Bonchev–Trinajstić information content (AvgIpc) is 2.50. The molecule has 0 unspecified atom stereocenters. The number of ether oxygens (including phenoxy) is 2. The Morgan fingerprint density at radius 1 is 0.957 bits per heavy atom. The van der Waals surface area contributed by atoms with E-state index in [-0.39, 0.29) is 0 Å². The van der Waals surface area contributed by atoms with Crippen molar-refractivity contribution in [3.05, 3.63) is 53.1 Å². The molecule has 0 atom stereocenters. The molecule has 0 aliphatic carbocycles. The van der Waals surface area contributed by atoms with Crippen LogP contribution < -0.4 is 15.2 Å². The molecule has 0 spiro atoms. The highest BCUT2D eigenvalue weighted by molar-refractivity contribution is 5.53. The molecule has 2 aromatic rings. The fraction of sp³-hybridized carbons (Fsp3) is 0.400. The van der Waals surface area contributed by atoms with Gasteiger partial charge in [0, 0.05) is 17.7 Å². The van der Waals surface area contributed by atoms with Crippen LogP contribution in [-0.2, 0) is 0 Å². The summed E-state index contributed by atoms with van der Waals surface area (Å²) < 4.78 is 11.8. The van der Waals surface area contributed by atoms with Crippen LogP contribution in [0.15, 0.2) is 36.4 Å². The minimum absolute atomic E-state index is 0.455. The highest BCUT2D eigenvalue weighted by Gasteiger charge is 2.08. The summed E-state index contributed by atoms with van der Waals surface area (Å²) in [5.41, 5.74) is 10.1. The van der Waals surface area contributed by atoms with E-state index in [9.17, 15) is 0 Å². The zero-order chi connectivity index (χ0) is 16.8. The molecule has 3 heteroatoms. The van der Waals surface area contributed by atoms with Gasteiger partial charge in [-0.1, -0.05) is 32.0 Å². The zero-order valence-electron chi connectivity index (χ0n) is 14.6. The first-order valence-corrected chi connectivity index (χ1v) is 8.20. The maximum atomic E-state index is 5.97. The number of anilines is 1. The highest BCUT2D eigenvalue weighted by Crippen LogP contribution is 2.27. The van der Waals surface area contributed by atoms with Gasteiger partial charge in [-0.25, -0.2) is 0 Å². The molecule has 2 aromatic carbocycles. The highest BCUT2D eigenvalue weighted by atomic mass is 16.5. The molecule has 0 fully saturated rings. The van der Waals surface area contributed by atoms with Gasteiger partial charge in [0.2, 0.25) is 0 Å². The van der Waals surface area contributed by atoms with Crippen LogP contribution in [0.25, 0.3) is 0 Å². The van der Waals surface area contributed by atoms with Gasteiger partial charge in [0.25, 0.3) is 0 Å². The lowest BCUT2D eigenvalue weighted by atomic mass is 10.0. The predicted octanol–water partition coefficient (Wildman–Crippen LogP) is 4.86. The molecular weight excluding hydrogens is 286 g/mol. The van der Waals surface area contributed by atoms with Gasteiger partial charge in [0.1, 0.15) is 11.5 Å². The zero-order valence-corrected chi connectivity index (χ0v) is 14.6. The topological polar surface area (TPSA) is 44.5 Å². The Labute approximate surface area is 139 Å². The summed E-state index contributed by atoms with van der Waals surface area (Å²) in [6.07, 6.45) is 0.833. The molecule has 2 rings (SSSR count). The van der Waals surface area contributed by atoms with Crippen LogP contribution in [0.2, 0.25) is 0 Å². The molecule has 0 saturated carbocycles. The van der Waals surface area contributed by atoms with Crippen molar-refractivity contribution in [2.75, 3.05) is 18.9 Å². The first-order chi connectivity index (χ1) is 11.0. The van der Waals surface area contributed by atoms with Crippen LogP contribution in [0.1, 0.15) is 42.9 Å². The lowest BCUT2D eigenvalue weighted by Crippen LogP contribution is -2.07. The largest absolute Gasteiger partial charge is 0.493 e. The summed E-state index contributed by atoms with van der Waals surface area (Å²) >= 11 is 0. The second-order valence-corrected chi connectivity index (χ2v) is 6.22. The summed E-state index contributed by atoms with van der Waals surface area (Å²) in [6, 6.07) is 12.1. The van der Waals surface area contributed by atoms with Crippen molar-refractivity contribution >= 4 is 5.69 Å². The van der Waals surface area contributed by atoms with E-state index in [0.29, 0.717) is 19.1 Å². The molecule has 0 saturated heterocycles. The van der Waals surface area contributed by atoms with Crippen LogP contribution in [0, 0.1) is 13.8 Å². The normalized spacial score (nSPS) is 10.8. The predicted molar refractivity (Wildman–Crippen MR) is 96.5 cm³/mol. The standard InChI is InChI=1S/C20H27NO2/c1-14(2)17-10-9-15(3)13-20(17)23-12-6-11-22-19-8-5-7-18(21)16(19)4/h5,7-10,13-14H,6,11-12,21H2,1-4H3. The van der Waals surface area contributed by atoms with Crippen LogP contribution in [-0.4, -0.2) is 13.2 Å². The van der Waals surface area contributed by atoms with Gasteiger partial charge >= 0.3 is 0 Å². The maximum Gasteiger partial charge on any atom is 0.124 e. The molecule has 124 valence electrons. The van der Waals surface area contributed by atoms with Crippen molar-refractivity contribution in [2.45, 2.75) is 40.0 Å². The Kier molecular flexibility index (Phi) is 5.91. The minimum atomic E-state index is 0.455. The number of nitrogen functional groups attached to an aromatic ring is 1. The van der Waals surface area contributed by atoms with Crippen molar-refractivity contribution in [1.29, 1.82) is 0 Å². The van der Waals surface area contributed by atoms with Crippen molar-refractivity contribution in [2.24, 2.45) is 0 Å². The average molecular weight is 313 g/mol. The first-order valence-electron chi connectivity index (χ1n) is 8.20. The van der Waals surface area contributed by atoms with Gasteiger partial charge in [-0.05, 0) is 49.1 Å². The van der Waals surface area contributed by atoms with Gasteiger partial charge < -0.3 is 15.2 Å². The Hall–Kier alpha value is -2.16. The maximum absolute atomic E-state index is 5.97. The van der Waals surface area contributed by atoms with E-state index in [1.165, 1.54) is 11.1 Å². The Bertz CT molecular complexity index is 650. The lowest BCUT2D eigenvalue weighted by molar-refractivity contribution is 0.245. The first kappa shape index (κ1) is 17.2. The van der Waals surface area contributed by atoms with Gasteiger partial charge in [0.05, 0.1) is 13.2 Å². The Morgan fingerprint density at radius 3 is 2.35 bits per heavy atom. The lowest BCUT2D eigenvalue weighted by Gasteiger charge is -2.15. The number of nitrogens with two attached hydrogens (primary N) is 1. The molecule has 0 bridgehead atoms. The number of rotatable bonds is 7. The number of benzene rings is 2. The summed E-state index contributed by atoms with van der Waals surface area (Å²) in [5, 5.41) is 0. The molecule has 2 N–H and O–H groups in total. The van der Waals surface area contributed by atoms with E-state index in [2.05, 4.69) is 39.0 Å². The molecule has 0 amide bonds. The van der Waals surface area contributed by atoms with Crippen LogP contribution in [0.3, 0.4) is 0 Å². The monoisotopic (exact) mass is 313 g/mol. The van der Waals surface area contributed by atoms with Gasteiger partial charge in [-0.3, -0.25) is 0 Å². The molecular formula is C20H27NO2. The summed E-state index contributed by atoms with van der Waals surface area (Å²) in [7, 11) is 0. The second kappa shape index (κ2) is 7.91. The molecule has 0 radical (unpaired) electrons. The van der Waals surface area contributed by atoms with E-state index in [0.717, 1.165) is 29.2 Å². The quantitative estimate of drug-likeness (QED) is 0.586. The number of hydrogen-bond acceptors (Lipinski definition) is 3. The third-order valence-electron chi connectivity index (χ3n) is 3.92. The SMILES string of the molecule is Cc1ccc(C(C)C)c(OCCCOc2cccc(N)c2C)c1. The second-order valence-electron chi connectivity index (χ2n) is 6.22. The van der Waals surface area contributed by atoms with E-state index < -0.39 is 0 Å². The van der Waals surface area contributed by atoms with E-state index in [1.807, 2.05) is 25.1 Å². The van der Waals surface area contributed by atoms with Crippen molar-refractivity contribution in [3.8, 4) is 11.5 Å². The fourth-order valence-corrected chi connectivity index (χ4v) is 2.45. The summed E-state index contributed by atoms with van der Waals surface area (Å²) in [6.45, 7) is 9.69. The third-order valence-corrected chi connectivity index (χ3v) is 3.92. The molecule has 0 aliphatic heterocycles. The van der Waals surface area contributed by atoms with Gasteiger partial charge in [0.15, 0.2) is 0 Å². The summed E-state index contributed by atoms with van der Waals surface area (Å²) in [4.78, 5) is 0. The van der Waals surface area contributed by atoms with E-state index in [1.54, 1.807) is 0 Å². The Morgan fingerprint density at radius 2 is 1.65 bits per heavy atom. The molecule has 0 aliphatic rings. The van der Waals surface area contributed by atoms with E-state index in [4.69, 9.17) is 15.2 Å². The van der Waals surface area contributed by atoms with Crippen molar-refractivity contribution < 1.29 is 9.47 Å². The molecule has 3 nitrogen and oxygen atoms in total. The molecule has 0 aromatic heterocycles. The minimum Gasteiger partial charge on any atom is -0.493 e. The van der Waals surface area contributed by atoms with Crippen LogP contribution in [0.5, 0.6) is 11.5 Å². The molecule has 0 heterocycles. The van der Waals surface area contributed by atoms with Crippen molar-refractivity contribution in [1.82, 2.24) is 0 Å². The van der Waals surface area contributed by atoms with Gasteiger partial charge in [-0.2, -0.15) is 0 Å². The Balaban J connectivity index is 1.84.